The normalized spacial score (nSPS) is 14.2. The van der Waals surface area contributed by atoms with Crippen molar-refractivity contribution >= 4 is 22.9 Å². The lowest BCUT2D eigenvalue weighted by Crippen LogP contribution is -2.49. The Balaban J connectivity index is 1.56. The van der Waals surface area contributed by atoms with E-state index in [1.165, 1.54) is 32.8 Å². The Bertz CT molecular complexity index is 1250. The van der Waals surface area contributed by atoms with Crippen molar-refractivity contribution in [3.05, 3.63) is 61.5 Å². The fourth-order valence-electron chi connectivity index (χ4n) is 4.17. The van der Waals surface area contributed by atoms with Gasteiger partial charge >= 0.3 is 0 Å². The number of aryl methyl sites for hydroxylation is 4. The van der Waals surface area contributed by atoms with Crippen LogP contribution < -0.4 is 10.5 Å². The van der Waals surface area contributed by atoms with Gasteiger partial charge < -0.3 is 9.80 Å². The van der Waals surface area contributed by atoms with Crippen molar-refractivity contribution in [1.29, 1.82) is 0 Å². The van der Waals surface area contributed by atoms with Gasteiger partial charge in [-0.25, -0.2) is 9.67 Å². The fourth-order valence-corrected chi connectivity index (χ4v) is 5.30. The van der Waals surface area contributed by atoms with E-state index in [2.05, 4.69) is 47.0 Å². The highest BCUT2D eigenvalue weighted by Crippen LogP contribution is 2.30. The predicted octanol–water partition coefficient (Wildman–Crippen LogP) is 3.41. The highest BCUT2D eigenvalue weighted by Gasteiger charge is 2.27. The Morgan fingerprint density at radius 1 is 0.969 bits per heavy atom. The largest absolute Gasteiger partial charge is 0.368 e. The first-order valence-electron chi connectivity index (χ1n) is 10.8. The molecule has 0 spiro atoms. The number of rotatable bonds is 3. The molecule has 8 heteroatoms. The number of hydrogen-bond donors (Lipinski definition) is 0. The van der Waals surface area contributed by atoms with Crippen molar-refractivity contribution in [2.75, 3.05) is 31.1 Å². The zero-order valence-electron chi connectivity index (χ0n) is 19.5. The summed E-state index contributed by atoms with van der Waals surface area (Å²) >= 11 is 1.30. The summed E-state index contributed by atoms with van der Waals surface area (Å²) in [5.74, 6) is -0.00730. The molecule has 2 aromatic heterocycles. The van der Waals surface area contributed by atoms with Crippen molar-refractivity contribution < 1.29 is 4.79 Å². The van der Waals surface area contributed by atoms with Crippen LogP contribution in [0.2, 0.25) is 0 Å². The third kappa shape index (κ3) is 3.83. The second-order valence-corrected chi connectivity index (χ2v) is 9.45. The quantitative estimate of drug-likeness (QED) is 0.610. The molecule has 7 nitrogen and oxygen atoms in total. The van der Waals surface area contributed by atoms with Crippen LogP contribution >= 0.6 is 11.3 Å². The minimum absolute atomic E-state index is 0.00730. The van der Waals surface area contributed by atoms with E-state index >= 15 is 0 Å². The molecule has 0 radical (unpaired) electrons. The Morgan fingerprint density at radius 2 is 1.66 bits per heavy atom. The molecule has 1 saturated heterocycles. The summed E-state index contributed by atoms with van der Waals surface area (Å²) in [6.45, 7) is 12.8. The molecule has 1 aliphatic rings. The highest BCUT2D eigenvalue weighted by molar-refractivity contribution is 7.17. The highest BCUT2D eigenvalue weighted by atomic mass is 32.1. The van der Waals surface area contributed by atoms with Crippen LogP contribution in [0.4, 0.5) is 5.69 Å². The molecule has 0 saturated carbocycles. The molecule has 3 aromatic rings. The SMILES string of the molecule is Cc1cccc(N2CCN(C(=O)c3sc(-c4c(C)c(C)nn(C)c4=O)nc3C)CC2)c1C. The van der Waals surface area contributed by atoms with E-state index in [0.29, 0.717) is 34.2 Å². The van der Waals surface area contributed by atoms with Gasteiger partial charge in [-0.1, -0.05) is 12.1 Å². The summed E-state index contributed by atoms with van der Waals surface area (Å²) in [4.78, 5) is 35.5. The number of nitrogens with zero attached hydrogens (tertiary/aromatic N) is 5. The molecule has 168 valence electrons. The maximum atomic E-state index is 13.3. The number of amides is 1. The van der Waals surface area contributed by atoms with E-state index in [-0.39, 0.29) is 11.5 Å². The number of anilines is 1. The second kappa shape index (κ2) is 8.50. The van der Waals surface area contributed by atoms with E-state index in [4.69, 9.17) is 0 Å². The first-order chi connectivity index (χ1) is 15.2. The van der Waals surface area contributed by atoms with E-state index in [0.717, 1.165) is 24.3 Å². The minimum atomic E-state index is -0.192. The molecular formula is C24H29N5O2S. The van der Waals surface area contributed by atoms with Gasteiger partial charge in [-0.15, -0.1) is 11.3 Å². The molecule has 1 fully saturated rings. The molecule has 32 heavy (non-hydrogen) atoms. The summed E-state index contributed by atoms with van der Waals surface area (Å²) in [6, 6.07) is 6.37. The average Bonchev–Trinajstić information content (AvgIpc) is 3.15. The van der Waals surface area contributed by atoms with Gasteiger partial charge in [0.2, 0.25) is 0 Å². The van der Waals surface area contributed by atoms with E-state index in [9.17, 15) is 9.59 Å². The molecule has 0 N–H and O–H groups in total. The molecule has 1 aliphatic heterocycles. The van der Waals surface area contributed by atoms with Crippen molar-refractivity contribution in [3.8, 4) is 10.6 Å². The fraction of sp³-hybridized carbons (Fsp3) is 0.417. The second-order valence-electron chi connectivity index (χ2n) is 8.45. The molecular weight excluding hydrogens is 422 g/mol. The van der Waals surface area contributed by atoms with Crippen LogP contribution in [0.5, 0.6) is 0 Å². The standard InChI is InChI=1S/C24H29N5O2S/c1-14-8-7-9-19(15(14)2)28-10-12-29(13-11-28)24(31)21-18(5)25-22(32-21)20-16(3)17(4)26-27(6)23(20)30/h7-9H,10-13H2,1-6H3. The van der Waals surface area contributed by atoms with Crippen molar-refractivity contribution in [3.63, 3.8) is 0 Å². The molecule has 0 atom stereocenters. The van der Waals surface area contributed by atoms with E-state index in [1.54, 1.807) is 7.05 Å². The third-order valence-corrected chi connectivity index (χ3v) is 7.58. The molecule has 0 unspecified atom stereocenters. The smallest absolute Gasteiger partial charge is 0.277 e. The molecule has 0 aliphatic carbocycles. The summed E-state index contributed by atoms with van der Waals surface area (Å²) < 4.78 is 1.34. The molecule has 0 bridgehead atoms. The molecule has 3 heterocycles. The van der Waals surface area contributed by atoms with Gasteiger partial charge in [-0.3, -0.25) is 9.59 Å². The number of benzene rings is 1. The maximum Gasteiger partial charge on any atom is 0.277 e. The average molecular weight is 452 g/mol. The number of aromatic nitrogens is 3. The van der Waals surface area contributed by atoms with Gasteiger partial charge in [0.05, 0.1) is 17.0 Å². The topological polar surface area (TPSA) is 71.3 Å². The number of hydrogen-bond acceptors (Lipinski definition) is 6. The van der Waals surface area contributed by atoms with Crippen molar-refractivity contribution in [1.82, 2.24) is 19.7 Å². The van der Waals surface area contributed by atoms with Crippen LogP contribution in [0, 0.1) is 34.6 Å². The first kappa shape index (κ1) is 22.2. The van der Waals surface area contributed by atoms with Crippen molar-refractivity contribution in [2.24, 2.45) is 7.05 Å². The van der Waals surface area contributed by atoms with Gasteiger partial charge in [0, 0.05) is 38.9 Å². The lowest BCUT2D eigenvalue weighted by molar-refractivity contribution is 0.0750. The van der Waals surface area contributed by atoms with Gasteiger partial charge in [0.25, 0.3) is 11.5 Å². The third-order valence-electron chi connectivity index (χ3n) is 6.41. The van der Waals surface area contributed by atoms with Crippen LogP contribution in [0.3, 0.4) is 0 Å². The van der Waals surface area contributed by atoms with Gasteiger partial charge in [0.15, 0.2) is 0 Å². The first-order valence-corrected chi connectivity index (χ1v) is 11.6. The Hall–Kier alpha value is -3.00. The van der Waals surface area contributed by atoms with Crippen LogP contribution in [-0.2, 0) is 7.05 Å². The monoisotopic (exact) mass is 451 g/mol. The number of carbonyl (C=O) groups excluding carboxylic acids is 1. The minimum Gasteiger partial charge on any atom is -0.368 e. The van der Waals surface area contributed by atoms with Crippen LogP contribution in [0.1, 0.15) is 37.7 Å². The van der Waals surface area contributed by atoms with Gasteiger partial charge in [-0.2, -0.15) is 5.10 Å². The van der Waals surface area contributed by atoms with Crippen LogP contribution in [0.25, 0.3) is 10.6 Å². The lowest BCUT2D eigenvalue weighted by atomic mass is 10.1. The summed E-state index contributed by atoms with van der Waals surface area (Å²) in [5.41, 5.74) is 6.42. The predicted molar refractivity (Wildman–Crippen MR) is 129 cm³/mol. The Labute approximate surface area is 192 Å². The molecule has 4 rings (SSSR count). The van der Waals surface area contributed by atoms with Crippen molar-refractivity contribution in [2.45, 2.75) is 34.6 Å². The summed E-state index contributed by atoms with van der Waals surface area (Å²) in [6.07, 6.45) is 0. The molecule has 1 amide bonds. The zero-order valence-corrected chi connectivity index (χ0v) is 20.3. The lowest BCUT2D eigenvalue weighted by Gasteiger charge is -2.37. The summed E-state index contributed by atoms with van der Waals surface area (Å²) in [5, 5.41) is 4.83. The number of carbonyl (C=O) groups is 1. The number of thiazole rings is 1. The Kier molecular flexibility index (Phi) is 5.90. The molecule has 1 aromatic carbocycles. The van der Waals surface area contributed by atoms with Crippen LogP contribution in [0.15, 0.2) is 23.0 Å². The summed E-state index contributed by atoms with van der Waals surface area (Å²) in [7, 11) is 1.64. The Morgan fingerprint density at radius 3 is 2.34 bits per heavy atom. The van der Waals surface area contributed by atoms with E-state index in [1.807, 2.05) is 25.7 Å². The van der Waals surface area contributed by atoms with Gasteiger partial charge in [-0.05, 0) is 57.4 Å². The maximum absolute atomic E-state index is 13.3. The number of piperazine rings is 1. The van der Waals surface area contributed by atoms with Crippen LogP contribution in [-0.4, -0.2) is 51.8 Å². The zero-order chi connectivity index (χ0) is 23.2. The van der Waals surface area contributed by atoms with E-state index < -0.39 is 0 Å². The van der Waals surface area contributed by atoms with Gasteiger partial charge in [0.1, 0.15) is 9.88 Å².